The lowest BCUT2D eigenvalue weighted by Gasteiger charge is -2.41. The third kappa shape index (κ3) is 8.69. The standard InChI is InChI=1S/C18H36N4O3.HI/c1-18(2,22-8-12-23-13-9-22)15-21-17(19-3)20-7-5-10-24-14-16-6-4-11-25-16;/h16H,4-15H2,1-3H3,(H2,19,20,21);1H. The molecule has 0 radical (unpaired) electrons. The van der Waals surface area contributed by atoms with Crippen LogP contribution in [0.5, 0.6) is 0 Å². The quantitative estimate of drug-likeness (QED) is 0.224. The summed E-state index contributed by atoms with van der Waals surface area (Å²) in [6.07, 6.45) is 3.57. The first-order chi connectivity index (χ1) is 12.1. The molecule has 0 amide bonds. The van der Waals surface area contributed by atoms with E-state index in [4.69, 9.17) is 14.2 Å². The largest absolute Gasteiger partial charge is 0.379 e. The van der Waals surface area contributed by atoms with Crippen LogP contribution < -0.4 is 10.6 Å². The maximum atomic E-state index is 5.68. The lowest BCUT2D eigenvalue weighted by molar-refractivity contribution is -0.00834. The fraction of sp³-hybridized carbons (Fsp3) is 0.944. The average Bonchev–Trinajstić information content (AvgIpc) is 3.14. The molecule has 1 atom stereocenters. The fourth-order valence-corrected chi connectivity index (χ4v) is 3.17. The second kappa shape index (κ2) is 13.1. The number of halogens is 1. The highest BCUT2D eigenvalue weighted by Crippen LogP contribution is 2.15. The van der Waals surface area contributed by atoms with Gasteiger partial charge < -0.3 is 24.8 Å². The molecule has 2 aliphatic rings. The minimum absolute atomic E-state index is 0. The van der Waals surface area contributed by atoms with Crippen LogP contribution in [0.15, 0.2) is 4.99 Å². The van der Waals surface area contributed by atoms with Crippen molar-refractivity contribution in [1.82, 2.24) is 15.5 Å². The summed E-state index contributed by atoms with van der Waals surface area (Å²) >= 11 is 0. The lowest BCUT2D eigenvalue weighted by Crippen LogP contribution is -2.56. The van der Waals surface area contributed by atoms with Gasteiger partial charge in [0.2, 0.25) is 0 Å². The van der Waals surface area contributed by atoms with Crippen molar-refractivity contribution in [2.24, 2.45) is 4.99 Å². The van der Waals surface area contributed by atoms with E-state index in [0.29, 0.717) is 6.10 Å². The van der Waals surface area contributed by atoms with E-state index in [-0.39, 0.29) is 29.5 Å². The summed E-state index contributed by atoms with van der Waals surface area (Å²) in [5, 5.41) is 6.80. The Labute approximate surface area is 175 Å². The minimum Gasteiger partial charge on any atom is -0.379 e. The first kappa shape index (κ1) is 23.9. The Bertz CT molecular complexity index is 398. The monoisotopic (exact) mass is 484 g/mol. The maximum Gasteiger partial charge on any atom is 0.191 e. The molecule has 0 aromatic rings. The predicted molar refractivity (Wildman–Crippen MR) is 116 cm³/mol. The number of ether oxygens (including phenoxy) is 3. The third-order valence-corrected chi connectivity index (χ3v) is 4.86. The van der Waals surface area contributed by atoms with E-state index in [0.717, 1.165) is 78.0 Å². The number of hydrogen-bond donors (Lipinski definition) is 2. The molecule has 7 nitrogen and oxygen atoms in total. The van der Waals surface area contributed by atoms with E-state index >= 15 is 0 Å². The molecular formula is C18H37IN4O3. The zero-order valence-electron chi connectivity index (χ0n) is 16.6. The zero-order valence-corrected chi connectivity index (χ0v) is 18.9. The van der Waals surface area contributed by atoms with Crippen molar-refractivity contribution < 1.29 is 14.2 Å². The number of guanidine groups is 1. The normalized spacial score (nSPS) is 22.1. The van der Waals surface area contributed by atoms with Gasteiger partial charge in [-0.2, -0.15) is 0 Å². The second-order valence-corrected chi connectivity index (χ2v) is 7.33. The summed E-state index contributed by atoms with van der Waals surface area (Å²) in [6.45, 7) is 12.2. The highest BCUT2D eigenvalue weighted by Gasteiger charge is 2.28. The Morgan fingerprint density at radius 2 is 2.00 bits per heavy atom. The maximum absolute atomic E-state index is 5.68. The molecule has 0 aromatic carbocycles. The molecule has 2 aliphatic heterocycles. The van der Waals surface area contributed by atoms with Gasteiger partial charge in [0.25, 0.3) is 0 Å². The molecule has 2 fully saturated rings. The summed E-state index contributed by atoms with van der Waals surface area (Å²) in [5.41, 5.74) is 0.0752. The van der Waals surface area contributed by atoms with Crippen LogP contribution in [-0.4, -0.2) is 88.8 Å². The Morgan fingerprint density at radius 3 is 2.65 bits per heavy atom. The van der Waals surface area contributed by atoms with Crippen molar-refractivity contribution in [3.8, 4) is 0 Å². The average molecular weight is 484 g/mol. The SMILES string of the molecule is CN=C(NCCCOCC1CCCO1)NCC(C)(C)N1CCOCC1.I. The predicted octanol–water partition coefficient (Wildman–Crippen LogP) is 1.47. The summed E-state index contributed by atoms with van der Waals surface area (Å²) in [7, 11) is 1.81. The molecule has 0 spiro atoms. The molecule has 0 aliphatic carbocycles. The van der Waals surface area contributed by atoms with Crippen molar-refractivity contribution in [1.29, 1.82) is 0 Å². The number of nitrogens with one attached hydrogen (secondary N) is 2. The van der Waals surface area contributed by atoms with Gasteiger partial charge >= 0.3 is 0 Å². The van der Waals surface area contributed by atoms with Gasteiger partial charge in [0.1, 0.15) is 0 Å². The second-order valence-electron chi connectivity index (χ2n) is 7.33. The van der Waals surface area contributed by atoms with Gasteiger partial charge in [0.15, 0.2) is 5.96 Å². The molecule has 2 rings (SSSR count). The first-order valence-corrected chi connectivity index (χ1v) is 9.58. The summed E-state index contributed by atoms with van der Waals surface area (Å²) in [6, 6.07) is 0. The summed E-state index contributed by atoms with van der Waals surface area (Å²) < 4.78 is 16.7. The van der Waals surface area contributed by atoms with E-state index in [9.17, 15) is 0 Å². The van der Waals surface area contributed by atoms with Gasteiger partial charge in [-0.15, -0.1) is 24.0 Å². The summed E-state index contributed by atoms with van der Waals surface area (Å²) in [4.78, 5) is 6.78. The molecule has 154 valence electrons. The van der Waals surface area contributed by atoms with Gasteiger partial charge in [-0.25, -0.2) is 0 Å². The molecular weight excluding hydrogens is 447 g/mol. The van der Waals surface area contributed by atoms with Crippen LogP contribution in [0.4, 0.5) is 0 Å². The molecule has 0 aromatic heterocycles. The van der Waals surface area contributed by atoms with Crippen LogP contribution in [0.3, 0.4) is 0 Å². The number of rotatable bonds is 9. The molecule has 26 heavy (non-hydrogen) atoms. The van der Waals surface area contributed by atoms with E-state index < -0.39 is 0 Å². The Kier molecular flexibility index (Phi) is 12.0. The van der Waals surface area contributed by atoms with Crippen LogP contribution in [0.1, 0.15) is 33.1 Å². The Hall–Kier alpha value is -0.160. The van der Waals surface area contributed by atoms with Crippen molar-refractivity contribution in [3.05, 3.63) is 0 Å². The van der Waals surface area contributed by atoms with Gasteiger partial charge in [0, 0.05) is 52.0 Å². The molecule has 2 N–H and O–H groups in total. The number of nitrogens with zero attached hydrogens (tertiary/aromatic N) is 2. The molecule has 2 saturated heterocycles. The van der Waals surface area contributed by atoms with Crippen LogP contribution in [0.2, 0.25) is 0 Å². The number of aliphatic imine (C=N–C) groups is 1. The van der Waals surface area contributed by atoms with E-state index in [1.165, 1.54) is 6.42 Å². The molecule has 2 heterocycles. The Balaban J connectivity index is 0.00000338. The topological polar surface area (TPSA) is 67.4 Å². The van der Waals surface area contributed by atoms with Crippen LogP contribution in [0, 0.1) is 0 Å². The zero-order chi connectivity index (χ0) is 18.0. The van der Waals surface area contributed by atoms with Gasteiger partial charge in [-0.05, 0) is 33.1 Å². The molecule has 8 heteroatoms. The lowest BCUT2D eigenvalue weighted by atomic mass is 10.0. The van der Waals surface area contributed by atoms with Crippen molar-refractivity contribution >= 4 is 29.9 Å². The van der Waals surface area contributed by atoms with Crippen molar-refractivity contribution in [3.63, 3.8) is 0 Å². The third-order valence-electron chi connectivity index (χ3n) is 4.86. The van der Waals surface area contributed by atoms with E-state index in [1.807, 2.05) is 7.05 Å². The van der Waals surface area contributed by atoms with E-state index in [2.05, 4.69) is 34.4 Å². The van der Waals surface area contributed by atoms with Crippen LogP contribution in [-0.2, 0) is 14.2 Å². The van der Waals surface area contributed by atoms with Gasteiger partial charge in [-0.1, -0.05) is 0 Å². The van der Waals surface area contributed by atoms with Crippen molar-refractivity contribution in [2.45, 2.75) is 44.8 Å². The fourth-order valence-electron chi connectivity index (χ4n) is 3.17. The van der Waals surface area contributed by atoms with Crippen LogP contribution in [0.25, 0.3) is 0 Å². The minimum atomic E-state index is 0. The van der Waals surface area contributed by atoms with Gasteiger partial charge in [-0.3, -0.25) is 9.89 Å². The van der Waals surface area contributed by atoms with Crippen LogP contribution >= 0.6 is 24.0 Å². The molecule has 0 saturated carbocycles. The smallest absolute Gasteiger partial charge is 0.191 e. The van der Waals surface area contributed by atoms with Gasteiger partial charge in [0.05, 0.1) is 25.9 Å². The summed E-state index contributed by atoms with van der Waals surface area (Å²) in [5.74, 6) is 0.848. The van der Waals surface area contributed by atoms with Crippen molar-refractivity contribution in [2.75, 3.05) is 66.3 Å². The number of hydrogen-bond acceptors (Lipinski definition) is 5. The first-order valence-electron chi connectivity index (χ1n) is 9.58. The highest BCUT2D eigenvalue weighted by atomic mass is 127. The molecule has 0 bridgehead atoms. The highest BCUT2D eigenvalue weighted by molar-refractivity contribution is 14.0. The molecule has 1 unspecified atom stereocenters. The van der Waals surface area contributed by atoms with E-state index in [1.54, 1.807) is 0 Å². The Morgan fingerprint density at radius 1 is 1.23 bits per heavy atom. The number of morpholine rings is 1.